The number of amides is 2. The number of thioether (sulfide) groups is 1. The van der Waals surface area contributed by atoms with Gasteiger partial charge >= 0.3 is 0 Å². The number of likely N-dealkylation sites (tertiary alicyclic amines) is 1. The summed E-state index contributed by atoms with van der Waals surface area (Å²) >= 11 is 1.68. The Balaban J connectivity index is 1.54. The van der Waals surface area contributed by atoms with Crippen LogP contribution in [0.3, 0.4) is 0 Å². The summed E-state index contributed by atoms with van der Waals surface area (Å²) in [7, 11) is 0. The van der Waals surface area contributed by atoms with Crippen LogP contribution in [0.1, 0.15) is 40.5 Å². The van der Waals surface area contributed by atoms with Crippen LogP contribution in [0.2, 0.25) is 0 Å². The van der Waals surface area contributed by atoms with Gasteiger partial charge in [-0.15, -0.1) is 11.8 Å². The fourth-order valence-electron chi connectivity index (χ4n) is 5.07. The normalized spacial score (nSPS) is 32.1. The second-order valence-electron chi connectivity index (χ2n) is 8.43. The first kappa shape index (κ1) is 20.9. The number of ether oxygens (including phenoxy) is 1. The van der Waals surface area contributed by atoms with Gasteiger partial charge in [0.25, 0.3) is 0 Å². The molecule has 0 aromatic rings. The van der Waals surface area contributed by atoms with E-state index in [9.17, 15) is 9.59 Å². The highest BCUT2D eigenvalue weighted by molar-refractivity contribution is 8.00. The van der Waals surface area contributed by atoms with E-state index < -0.39 is 0 Å². The molecule has 1 spiro atoms. The Morgan fingerprint density at radius 3 is 2.74 bits per heavy atom. The first-order chi connectivity index (χ1) is 12.9. The molecule has 6 nitrogen and oxygen atoms in total. The Hall–Kier alpha value is -0.790. The van der Waals surface area contributed by atoms with Gasteiger partial charge in [0.15, 0.2) is 0 Å². The Kier molecular flexibility index (Phi) is 6.75. The van der Waals surface area contributed by atoms with Crippen molar-refractivity contribution in [1.29, 1.82) is 0 Å². The van der Waals surface area contributed by atoms with Crippen LogP contribution >= 0.6 is 11.8 Å². The van der Waals surface area contributed by atoms with Crippen LogP contribution in [-0.2, 0) is 14.3 Å². The molecular weight excluding hydrogens is 362 g/mol. The van der Waals surface area contributed by atoms with Gasteiger partial charge < -0.3 is 15.0 Å². The Bertz CT molecular complexity index is 555. The van der Waals surface area contributed by atoms with E-state index in [2.05, 4.69) is 24.1 Å². The maximum atomic E-state index is 12.5. The largest absolute Gasteiger partial charge is 0.370 e. The van der Waals surface area contributed by atoms with Gasteiger partial charge in [-0.2, -0.15) is 0 Å². The summed E-state index contributed by atoms with van der Waals surface area (Å²) < 4.78 is 6.43. The molecule has 0 aromatic heterocycles. The molecule has 3 saturated heterocycles. The molecule has 3 aliphatic rings. The maximum absolute atomic E-state index is 12.5. The number of nitrogens with zero attached hydrogens (tertiary/aromatic N) is 2. The lowest BCUT2D eigenvalue weighted by Gasteiger charge is -2.29. The molecule has 0 unspecified atom stereocenters. The number of carbonyl (C=O) groups is 2. The van der Waals surface area contributed by atoms with E-state index in [1.54, 1.807) is 11.8 Å². The third-order valence-corrected chi connectivity index (χ3v) is 7.51. The number of rotatable bonds is 9. The lowest BCUT2D eigenvalue weighted by Crippen LogP contribution is -2.42. The number of fused-ring (bicyclic) bond motifs is 1. The van der Waals surface area contributed by atoms with Crippen molar-refractivity contribution in [1.82, 2.24) is 15.1 Å². The van der Waals surface area contributed by atoms with Crippen LogP contribution in [0, 0.1) is 11.8 Å². The molecule has 0 saturated carbocycles. The second-order valence-corrected chi connectivity index (χ2v) is 9.99. The SMILES string of the molecule is CCN(CC)C(=O)CN1C[C@@H]2[C@H](CNC(=O)CSC(C)C)[C@H]3CC[C@]2(C1)O3. The van der Waals surface area contributed by atoms with Crippen molar-refractivity contribution in [3.8, 4) is 0 Å². The molecule has 154 valence electrons. The molecule has 2 bridgehead atoms. The van der Waals surface area contributed by atoms with Crippen LogP contribution in [0.4, 0.5) is 0 Å². The zero-order valence-electron chi connectivity index (χ0n) is 17.2. The van der Waals surface area contributed by atoms with Crippen LogP contribution < -0.4 is 5.32 Å². The summed E-state index contributed by atoms with van der Waals surface area (Å²) in [5.41, 5.74) is -0.0870. The average molecular weight is 398 g/mol. The van der Waals surface area contributed by atoms with Crippen molar-refractivity contribution >= 4 is 23.6 Å². The predicted molar refractivity (Wildman–Crippen MR) is 109 cm³/mol. The van der Waals surface area contributed by atoms with Gasteiger partial charge in [0.1, 0.15) is 0 Å². The van der Waals surface area contributed by atoms with Crippen molar-refractivity contribution in [3.63, 3.8) is 0 Å². The standard InChI is InChI=1S/C20H35N3O3S/c1-5-23(6-2)19(25)11-22-10-16-15(9-21-18(24)12-27-14(3)4)17-7-8-20(16,13-22)26-17/h14-17H,5-13H2,1-4H3,(H,21,24)/t15-,16+,17+,20+/m0/s1. The molecule has 2 amide bonds. The molecule has 0 aliphatic carbocycles. The minimum absolute atomic E-state index is 0.0870. The van der Waals surface area contributed by atoms with Crippen LogP contribution in [0.5, 0.6) is 0 Å². The lowest BCUT2D eigenvalue weighted by molar-refractivity contribution is -0.132. The Morgan fingerprint density at radius 2 is 2.07 bits per heavy atom. The molecule has 4 atom stereocenters. The Labute approximate surface area is 167 Å². The van der Waals surface area contributed by atoms with Gasteiger partial charge in [0.05, 0.1) is 24.0 Å². The lowest BCUT2D eigenvalue weighted by atomic mass is 9.73. The molecule has 0 radical (unpaired) electrons. The van der Waals surface area contributed by atoms with Crippen molar-refractivity contribution in [2.24, 2.45) is 11.8 Å². The molecular formula is C20H35N3O3S. The predicted octanol–water partition coefficient (Wildman–Crippen LogP) is 1.59. The first-order valence-electron chi connectivity index (χ1n) is 10.4. The van der Waals surface area contributed by atoms with E-state index in [1.807, 2.05) is 18.7 Å². The number of likely N-dealkylation sites (N-methyl/N-ethyl adjacent to an activating group) is 1. The minimum Gasteiger partial charge on any atom is -0.370 e. The summed E-state index contributed by atoms with van der Waals surface area (Å²) in [5.74, 6) is 1.66. The van der Waals surface area contributed by atoms with Gasteiger partial charge in [-0.05, 0) is 31.9 Å². The quantitative estimate of drug-likeness (QED) is 0.640. The highest BCUT2D eigenvalue weighted by Crippen LogP contribution is 2.54. The summed E-state index contributed by atoms with van der Waals surface area (Å²) in [4.78, 5) is 28.8. The summed E-state index contributed by atoms with van der Waals surface area (Å²) in [6.45, 7) is 12.7. The molecule has 0 aromatic carbocycles. The van der Waals surface area contributed by atoms with Gasteiger partial charge in [-0.1, -0.05) is 13.8 Å². The van der Waals surface area contributed by atoms with Crippen LogP contribution in [0.15, 0.2) is 0 Å². The van der Waals surface area contributed by atoms with Gasteiger partial charge in [-0.3, -0.25) is 14.5 Å². The molecule has 27 heavy (non-hydrogen) atoms. The Morgan fingerprint density at radius 1 is 1.33 bits per heavy atom. The first-order valence-corrected chi connectivity index (χ1v) is 11.5. The van der Waals surface area contributed by atoms with Gasteiger partial charge in [0.2, 0.25) is 11.8 Å². The summed E-state index contributed by atoms with van der Waals surface area (Å²) in [6.07, 6.45) is 2.44. The van der Waals surface area contributed by atoms with Crippen molar-refractivity contribution in [2.75, 3.05) is 45.0 Å². The molecule has 7 heteroatoms. The van der Waals surface area contributed by atoms with Gasteiger partial charge in [0, 0.05) is 44.6 Å². The van der Waals surface area contributed by atoms with E-state index in [1.165, 1.54) is 0 Å². The molecule has 1 N–H and O–H groups in total. The van der Waals surface area contributed by atoms with Crippen molar-refractivity contribution < 1.29 is 14.3 Å². The molecule has 3 rings (SSSR count). The number of nitrogens with one attached hydrogen (secondary N) is 1. The third kappa shape index (κ3) is 4.46. The topological polar surface area (TPSA) is 61.9 Å². The maximum Gasteiger partial charge on any atom is 0.236 e. The van der Waals surface area contributed by atoms with Crippen molar-refractivity contribution in [2.45, 2.75) is 57.5 Å². The fourth-order valence-corrected chi connectivity index (χ4v) is 5.66. The van der Waals surface area contributed by atoms with E-state index in [0.29, 0.717) is 35.9 Å². The summed E-state index contributed by atoms with van der Waals surface area (Å²) in [6, 6.07) is 0. The fraction of sp³-hybridized carbons (Fsp3) is 0.900. The number of hydrogen-bond acceptors (Lipinski definition) is 5. The molecule has 3 heterocycles. The third-order valence-electron chi connectivity index (χ3n) is 6.41. The number of carbonyl (C=O) groups excluding carboxylic acids is 2. The molecule has 3 aliphatic heterocycles. The zero-order valence-corrected chi connectivity index (χ0v) is 18.0. The number of hydrogen-bond donors (Lipinski definition) is 1. The van der Waals surface area contributed by atoms with Crippen molar-refractivity contribution in [3.05, 3.63) is 0 Å². The minimum atomic E-state index is -0.0870. The smallest absolute Gasteiger partial charge is 0.236 e. The van der Waals surface area contributed by atoms with E-state index in [0.717, 1.165) is 39.0 Å². The average Bonchev–Trinajstić information content (AvgIpc) is 3.27. The zero-order chi connectivity index (χ0) is 19.6. The van der Waals surface area contributed by atoms with E-state index in [-0.39, 0.29) is 23.5 Å². The molecule has 3 fully saturated rings. The van der Waals surface area contributed by atoms with Gasteiger partial charge in [-0.25, -0.2) is 0 Å². The highest BCUT2D eigenvalue weighted by Gasteiger charge is 2.62. The van der Waals surface area contributed by atoms with E-state index in [4.69, 9.17) is 4.74 Å². The van der Waals surface area contributed by atoms with Crippen LogP contribution in [-0.4, -0.2) is 83.6 Å². The monoisotopic (exact) mass is 397 g/mol. The van der Waals surface area contributed by atoms with Crippen LogP contribution in [0.25, 0.3) is 0 Å². The summed E-state index contributed by atoms with van der Waals surface area (Å²) in [5, 5.41) is 3.60. The second kappa shape index (κ2) is 8.70. The van der Waals surface area contributed by atoms with E-state index >= 15 is 0 Å². The highest BCUT2D eigenvalue weighted by atomic mass is 32.2.